The summed E-state index contributed by atoms with van der Waals surface area (Å²) in [5.74, 6) is -0.0733. The van der Waals surface area contributed by atoms with Gasteiger partial charge in [-0.2, -0.15) is 0 Å². The molecule has 1 aromatic carbocycles. The van der Waals surface area contributed by atoms with Crippen LogP contribution in [0.5, 0.6) is 0 Å². The van der Waals surface area contributed by atoms with Crippen LogP contribution in [-0.2, 0) is 11.3 Å². The van der Waals surface area contributed by atoms with E-state index >= 15 is 0 Å². The van der Waals surface area contributed by atoms with E-state index in [0.717, 1.165) is 17.5 Å². The molecular formula is C15H19Cl2N3O2. The number of carbonyl (C=O) groups is 2. The van der Waals surface area contributed by atoms with Crippen LogP contribution in [0.3, 0.4) is 0 Å². The van der Waals surface area contributed by atoms with Gasteiger partial charge in [0.05, 0.1) is 0 Å². The molecule has 7 heteroatoms. The van der Waals surface area contributed by atoms with Gasteiger partial charge in [-0.15, -0.1) is 0 Å². The monoisotopic (exact) mass is 343 g/mol. The standard InChI is InChI=1S/C15H19Cl2N3O2/c1-9-5-11(16)6-14(17)13(9)7-18-15(22)20-4-3-12(8-20)19-10(2)21/h5-6,12H,3-4,7-8H2,1-2H3,(H,18,22)(H,19,21). The predicted octanol–water partition coefficient (Wildman–Crippen LogP) is 2.72. The molecule has 1 aromatic rings. The third-order valence-electron chi connectivity index (χ3n) is 3.68. The maximum absolute atomic E-state index is 12.2. The van der Waals surface area contributed by atoms with Gasteiger partial charge >= 0.3 is 6.03 Å². The van der Waals surface area contributed by atoms with E-state index in [2.05, 4.69) is 10.6 Å². The zero-order chi connectivity index (χ0) is 16.3. The number of aryl methyl sites for hydroxylation is 1. The highest BCUT2D eigenvalue weighted by Crippen LogP contribution is 2.24. The molecule has 0 radical (unpaired) electrons. The summed E-state index contributed by atoms with van der Waals surface area (Å²) in [4.78, 5) is 24.9. The van der Waals surface area contributed by atoms with E-state index in [-0.39, 0.29) is 18.0 Å². The minimum Gasteiger partial charge on any atom is -0.352 e. The zero-order valence-electron chi connectivity index (χ0n) is 12.6. The Kier molecular flexibility index (Phi) is 5.53. The first kappa shape index (κ1) is 16.9. The molecule has 1 aliphatic rings. The maximum Gasteiger partial charge on any atom is 0.317 e. The number of carbonyl (C=O) groups excluding carboxylic acids is 2. The molecule has 0 spiro atoms. The van der Waals surface area contributed by atoms with Crippen LogP contribution in [0, 0.1) is 6.92 Å². The number of amides is 3. The van der Waals surface area contributed by atoms with Gasteiger partial charge in [0, 0.05) is 42.6 Å². The lowest BCUT2D eigenvalue weighted by Gasteiger charge is -2.18. The summed E-state index contributed by atoms with van der Waals surface area (Å²) < 4.78 is 0. The molecule has 1 unspecified atom stereocenters. The number of likely N-dealkylation sites (tertiary alicyclic amines) is 1. The molecule has 1 fully saturated rings. The Morgan fingerprint density at radius 1 is 1.36 bits per heavy atom. The third-order valence-corrected chi connectivity index (χ3v) is 4.24. The van der Waals surface area contributed by atoms with Crippen LogP contribution in [-0.4, -0.2) is 36.0 Å². The van der Waals surface area contributed by atoms with Crippen molar-refractivity contribution in [1.82, 2.24) is 15.5 Å². The molecule has 22 heavy (non-hydrogen) atoms. The molecule has 1 aliphatic heterocycles. The molecule has 0 bridgehead atoms. The van der Waals surface area contributed by atoms with Crippen LogP contribution < -0.4 is 10.6 Å². The lowest BCUT2D eigenvalue weighted by Crippen LogP contribution is -2.41. The fraction of sp³-hybridized carbons (Fsp3) is 0.467. The minimum absolute atomic E-state index is 0.0316. The van der Waals surface area contributed by atoms with E-state index in [4.69, 9.17) is 23.2 Å². The SMILES string of the molecule is CC(=O)NC1CCN(C(=O)NCc2c(C)cc(Cl)cc2Cl)C1. The van der Waals surface area contributed by atoms with Gasteiger partial charge in [0.25, 0.3) is 0 Å². The molecule has 1 atom stereocenters. The molecule has 0 aromatic heterocycles. The van der Waals surface area contributed by atoms with E-state index in [1.54, 1.807) is 11.0 Å². The van der Waals surface area contributed by atoms with Gasteiger partial charge in [0.15, 0.2) is 0 Å². The Balaban J connectivity index is 1.90. The smallest absolute Gasteiger partial charge is 0.317 e. The topological polar surface area (TPSA) is 61.4 Å². The van der Waals surface area contributed by atoms with E-state index in [1.165, 1.54) is 6.92 Å². The first-order chi connectivity index (χ1) is 10.4. The number of nitrogens with one attached hydrogen (secondary N) is 2. The molecule has 1 saturated heterocycles. The number of halogens is 2. The van der Waals surface area contributed by atoms with E-state index in [9.17, 15) is 9.59 Å². The molecule has 0 saturated carbocycles. The summed E-state index contributed by atoms with van der Waals surface area (Å²) >= 11 is 12.1. The second-order valence-electron chi connectivity index (χ2n) is 5.47. The van der Waals surface area contributed by atoms with Gasteiger partial charge in [-0.1, -0.05) is 23.2 Å². The number of nitrogens with zero attached hydrogens (tertiary/aromatic N) is 1. The van der Waals surface area contributed by atoms with Gasteiger partial charge < -0.3 is 15.5 Å². The Morgan fingerprint density at radius 2 is 2.09 bits per heavy atom. The first-order valence-corrected chi connectivity index (χ1v) is 7.87. The molecule has 1 heterocycles. The molecule has 2 rings (SSSR count). The van der Waals surface area contributed by atoms with E-state index < -0.39 is 0 Å². The van der Waals surface area contributed by atoms with Gasteiger partial charge in [0.1, 0.15) is 0 Å². The van der Waals surface area contributed by atoms with Crippen molar-refractivity contribution in [2.24, 2.45) is 0 Å². The van der Waals surface area contributed by atoms with Crippen LogP contribution in [0.15, 0.2) is 12.1 Å². The van der Waals surface area contributed by atoms with E-state index in [0.29, 0.717) is 29.7 Å². The summed E-state index contributed by atoms with van der Waals surface area (Å²) in [6.07, 6.45) is 0.772. The van der Waals surface area contributed by atoms with Crippen LogP contribution >= 0.6 is 23.2 Å². The molecule has 3 amide bonds. The molecule has 120 valence electrons. The number of urea groups is 1. The normalized spacial score (nSPS) is 17.5. The first-order valence-electron chi connectivity index (χ1n) is 7.11. The third kappa shape index (κ3) is 4.27. The zero-order valence-corrected chi connectivity index (χ0v) is 14.1. The van der Waals surface area contributed by atoms with Crippen molar-refractivity contribution in [3.63, 3.8) is 0 Å². The lowest BCUT2D eigenvalue weighted by molar-refractivity contribution is -0.119. The summed E-state index contributed by atoms with van der Waals surface area (Å²) in [7, 11) is 0. The van der Waals surface area contributed by atoms with Crippen molar-refractivity contribution in [3.05, 3.63) is 33.3 Å². The average molecular weight is 344 g/mol. The summed E-state index contributed by atoms with van der Waals surface area (Å²) in [6.45, 7) is 4.89. The Bertz CT molecular complexity index is 569. The van der Waals surface area contributed by atoms with Crippen molar-refractivity contribution < 1.29 is 9.59 Å². The lowest BCUT2D eigenvalue weighted by atomic mass is 10.1. The van der Waals surface area contributed by atoms with Crippen LogP contribution in [0.4, 0.5) is 4.79 Å². The van der Waals surface area contributed by atoms with Crippen molar-refractivity contribution >= 4 is 35.1 Å². The highest BCUT2D eigenvalue weighted by Gasteiger charge is 2.26. The number of rotatable bonds is 3. The van der Waals surface area contributed by atoms with Crippen molar-refractivity contribution in [2.45, 2.75) is 32.9 Å². The molecule has 2 N–H and O–H groups in total. The Morgan fingerprint density at radius 3 is 2.73 bits per heavy atom. The Labute approximate surface area is 139 Å². The highest BCUT2D eigenvalue weighted by molar-refractivity contribution is 6.35. The van der Waals surface area contributed by atoms with Gasteiger partial charge in [-0.3, -0.25) is 4.79 Å². The molecule has 0 aliphatic carbocycles. The highest BCUT2D eigenvalue weighted by atomic mass is 35.5. The van der Waals surface area contributed by atoms with Crippen LogP contribution in [0.1, 0.15) is 24.5 Å². The van der Waals surface area contributed by atoms with E-state index in [1.807, 2.05) is 13.0 Å². The van der Waals surface area contributed by atoms with Crippen LogP contribution in [0.25, 0.3) is 0 Å². The average Bonchev–Trinajstić information content (AvgIpc) is 2.84. The minimum atomic E-state index is -0.154. The maximum atomic E-state index is 12.2. The summed E-state index contributed by atoms with van der Waals surface area (Å²) in [5.41, 5.74) is 1.80. The summed E-state index contributed by atoms with van der Waals surface area (Å²) in [5, 5.41) is 6.81. The fourth-order valence-corrected chi connectivity index (χ4v) is 3.24. The fourth-order valence-electron chi connectivity index (χ4n) is 2.58. The largest absolute Gasteiger partial charge is 0.352 e. The van der Waals surface area contributed by atoms with Crippen LogP contribution in [0.2, 0.25) is 10.0 Å². The quantitative estimate of drug-likeness (QED) is 0.886. The predicted molar refractivity (Wildman–Crippen MR) is 87.2 cm³/mol. The van der Waals surface area contributed by atoms with Gasteiger partial charge in [-0.05, 0) is 36.6 Å². The van der Waals surface area contributed by atoms with Gasteiger partial charge in [0.2, 0.25) is 5.91 Å². The second-order valence-corrected chi connectivity index (χ2v) is 6.32. The van der Waals surface area contributed by atoms with Crippen molar-refractivity contribution in [1.29, 1.82) is 0 Å². The second kappa shape index (κ2) is 7.20. The molecule has 5 nitrogen and oxygen atoms in total. The molecular weight excluding hydrogens is 325 g/mol. The Hall–Kier alpha value is -1.46. The number of hydrogen-bond acceptors (Lipinski definition) is 2. The van der Waals surface area contributed by atoms with Crippen molar-refractivity contribution in [2.75, 3.05) is 13.1 Å². The number of benzene rings is 1. The van der Waals surface area contributed by atoms with Gasteiger partial charge in [-0.25, -0.2) is 4.79 Å². The number of hydrogen-bond donors (Lipinski definition) is 2. The van der Waals surface area contributed by atoms with Crippen molar-refractivity contribution in [3.8, 4) is 0 Å². The summed E-state index contributed by atoms with van der Waals surface area (Å²) in [6, 6.07) is 3.36.